The van der Waals surface area contributed by atoms with E-state index in [1.807, 2.05) is 60.7 Å². The van der Waals surface area contributed by atoms with Crippen LogP contribution in [0.2, 0.25) is 0 Å². The molecule has 6 nitrogen and oxygen atoms in total. The molecule has 0 aliphatic carbocycles. The van der Waals surface area contributed by atoms with Gasteiger partial charge in [-0.2, -0.15) is 4.31 Å². The molecule has 0 atom stereocenters. The lowest BCUT2D eigenvalue weighted by atomic mass is 10.1. The van der Waals surface area contributed by atoms with Crippen LogP contribution in [-0.2, 0) is 30.2 Å². The Hall–Kier alpha value is -2.90. The van der Waals surface area contributed by atoms with E-state index in [-0.39, 0.29) is 10.8 Å². The molecule has 1 amide bonds. The topological polar surface area (TPSA) is 62.6 Å². The first-order valence-corrected chi connectivity index (χ1v) is 11.9. The van der Waals surface area contributed by atoms with Crippen molar-refractivity contribution in [2.75, 3.05) is 13.1 Å². The van der Waals surface area contributed by atoms with E-state index in [9.17, 15) is 13.2 Å². The Morgan fingerprint density at radius 3 is 1.94 bits per heavy atom. The minimum Gasteiger partial charge on any atom is -0.345 e. The molecule has 0 saturated carbocycles. The summed E-state index contributed by atoms with van der Waals surface area (Å²) >= 11 is 0. The van der Waals surface area contributed by atoms with Crippen molar-refractivity contribution >= 4 is 15.9 Å². The zero-order chi connectivity index (χ0) is 21.8. The number of rotatable bonds is 7. The number of hydrogen-bond acceptors (Lipinski definition) is 3. The molecule has 1 saturated heterocycles. The fourth-order valence-electron chi connectivity index (χ4n) is 3.93. The molecule has 0 bridgehead atoms. The molecule has 162 valence electrons. The SMILES string of the molecule is Cn1cc(S(=O)(=O)N2CCCC2)cc1C(=O)N(Cc1ccccc1)Cc1ccccc1. The Balaban J connectivity index is 1.64. The molecule has 7 heteroatoms. The van der Waals surface area contributed by atoms with Gasteiger partial charge in [0.1, 0.15) is 10.6 Å². The summed E-state index contributed by atoms with van der Waals surface area (Å²) in [4.78, 5) is 15.5. The fraction of sp³-hybridized carbons (Fsp3) is 0.292. The quantitative estimate of drug-likeness (QED) is 0.567. The van der Waals surface area contributed by atoms with Crippen LogP contribution in [0.25, 0.3) is 0 Å². The molecule has 0 radical (unpaired) electrons. The summed E-state index contributed by atoms with van der Waals surface area (Å²) in [7, 11) is -1.85. The predicted molar refractivity (Wildman–Crippen MR) is 120 cm³/mol. The molecule has 1 aromatic heterocycles. The number of carbonyl (C=O) groups excluding carboxylic acids is 1. The van der Waals surface area contributed by atoms with Gasteiger partial charge in [-0.3, -0.25) is 4.79 Å². The molecule has 4 rings (SSSR count). The maximum absolute atomic E-state index is 13.5. The van der Waals surface area contributed by atoms with Crippen LogP contribution in [0.5, 0.6) is 0 Å². The lowest BCUT2D eigenvalue weighted by Crippen LogP contribution is -2.31. The van der Waals surface area contributed by atoms with Crippen molar-refractivity contribution in [3.8, 4) is 0 Å². The van der Waals surface area contributed by atoms with E-state index in [1.54, 1.807) is 22.7 Å². The second-order valence-corrected chi connectivity index (χ2v) is 9.85. The second-order valence-electron chi connectivity index (χ2n) is 7.92. The van der Waals surface area contributed by atoms with Gasteiger partial charge in [-0.1, -0.05) is 60.7 Å². The monoisotopic (exact) mass is 437 g/mol. The van der Waals surface area contributed by atoms with Gasteiger partial charge in [0.05, 0.1) is 0 Å². The summed E-state index contributed by atoms with van der Waals surface area (Å²) in [5.74, 6) is -0.196. The normalized spacial score (nSPS) is 14.6. The van der Waals surface area contributed by atoms with Gasteiger partial charge in [0, 0.05) is 39.4 Å². The molecule has 0 spiro atoms. The molecule has 31 heavy (non-hydrogen) atoms. The fourth-order valence-corrected chi connectivity index (χ4v) is 5.52. The molecular weight excluding hydrogens is 410 g/mol. The number of sulfonamides is 1. The molecule has 1 fully saturated rings. The number of aryl methyl sites for hydroxylation is 1. The van der Waals surface area contributed by atoms with E-state index in [1.165, 1.54) is 10.4 Å². The smallest absolute Gasteiger partial charge is 0.271 e. The lowest BCUT2D eigenvalue weighted by Gasteiger charge is -2.23. The van der Waals surface area contributed by atoms with Crippen molar-refractivity contribution < 1.29 is 13.2 Å². The second kappa shape index (κ2) is 9.08. The Morgan fingerprint density at radius 2 is 1.42 bits per heavy atom. The van der Waals surface area contributed by atoms with E-state index >= 15 is 0 Å². The highest BCUT2D eigenvalue weighted by molar-refractivity contribution is 7.89. The van der Waals surface area contributed by atoms with Gasteiger partial charge < -0.3 is 9.47 Å². The van der Waals surface area contributed by atoms with Crippen molar-refractivity contribution in [1.82, 2.24) is 13.8 Å². The molecule has 2 heterocycles. The van der Waals surface area contributed by atoms with E-state index in [0.29, 0.717) is 31.9 Å². The Kier molecular flexibility index (Phi) is 6.25. The van der Waals surface area contributed by atoms with Gasteiger partial charge in [0.15, 0.2) is 0 Å². The summed E-state index contributed by atoms with van der Waals surface area (Å²) in [6.45, 7) is 1.95. The van der Waals surface area contributed by atoms with Crippen LogP contribution in [0.1, 0.15) is 34.5 Å². The van der Waals surface area contributed by atoms with E-state index in [0.717, 1.165) is 24.0 Å². The number of benzene rings is 2. The largest absolute Gasteiger partial charge is 0.345 e. The van der Waals surface area contributed by atoms with Gasteiger partial charge in [-0.25, -0.2) is 8.42 Å². The van der Waals surface area contributed by atoms with Crippen LogP contribution in [0.4, 0.5) is 0 Å². The highest BCUT2D eigenvalue weighted by atomic mass is 32.2. The zero-order valence-corrected chi connectivity index (χ0v) is 18.5. The van der Waals surface area contributed by atoms with Crippen LogP contribution < -0.4 is 0 Å². The number of amides is 1. The first-order valence-electron chi connectivity index (χ1n) is 10.5. The third-order valence-corrected chi connectivity index (χ3v) is 7.49. The summed E-state index contributed by atoms with van der Waals surface area (Å²) in [6.07, 6.45) is 3.30. The Morgan fingerprint density at radius 1 is 0.903 bits per heavy atom. The van der Waals surface area contributed by atoms with E-state index < -0.39 is 10.0 Å². The minimum atomic E-state index is -3.58. The lowest BCUT2D eigenvalue weighted by molar-refractivity contribution is 0.0720. The van der Waals surface area contributed by atoms with Gasteiger partial charge in [0.2, 0.25) is 10.0 Å². The van der Waals surface area contributed by atoms with E-state index in [2.05, 4.69) is 0 Å². The third kappa shape index (κ3) is 4.73. The van der Waals surface area contributed by atoms with Crippen LogP contribution in [0.3, 0.4) is 0 Å². The van der Waals surface area contributed by atoms with Crippen LogP contribution in [0, 0.1) is 0 Å². The highest BCUT2D eigenvalue weighted by Crippen LogP contribution is 2.24. The highest BCUT2D eigenvalue weighted by Gasteiger charge is 2.30. The molecule has 0 unspecified atom stereocenters. The van der Waals surface area contributed by atoms with Crippen LogP contribution >= 0.6 is 0 Å². The zero-order valence-electron chi connectivity index (χ0n) is 17.6. The van der Waals surface area contributed by atoms with Gasteiger partial charge >= 0.3 is 0 Å². The molecule has 1 aliphatic rings. The average Bonchev–Trinajstić information content (AvgIpc) is 3.45. The maximum Gasteiger partial charge on any atom is 0.271 e. The summed E-state index contributed by atoms with van der Waals surface area (Å²) < 4.78 is 29.0. The molecular formula is C24H27N3O3S. The first kappa shape index (κ1) is 21.3. The summed E-state index contributed by atoms with van der Waals surface area (Å²) in [6, 6.07) is 21.1. The molecule has 1 aliphatic heterocycles. The molecule has 2 aromatic carbocycles. The Bertz CT molecular complexity index is 1090. The van der Waals surface area contributed by atoms with Crippen molar-refractivity contribution in [3.63, 3.8) is 0 Å². The maximum atomic E-state index is 13.5. The van der Waals surface area contributed by atoms with Crippen molar-refractivity contribution in [2.45, 2.75) is 30.8 Å². The number of hydrogen-bond donors (Lipinski definition) is 0. The number of carbonyl (C=O) groups is 1. The summed E-state index contributed by atoms with van der Waals surface area (Å²) in [5.41, 5.74) is 2.40. The average molecular weight is 438 g/mol. The molecule has 0 N–H and O–H groups in total. The number of nitrogens with zero attached hydrogens (tertiary/aromatic N) is 3. The molecule has 3 aromatic rings. The minimum absolute atomic E-state index is 0.180. The number of aromatic nitrogens is 1. The summed E-state index contributed by atoms with van der Waals surface area (Å²) in [5, 5.41) is 0. The van der Waals surface area contributed by atoms with Crippen molar-refractivity contribution in [2.24, 2.45) is 7.05 Å². The van der Waals surface area contributed by atoms with E-state index in [4.69, 9.17) is 0 Å². The standard InChI is InChI=1S/C24H27N3O3S/c1-25-19-22(31(29,30)27-14-8-9-15-27)16-23(25)24(28)26(17-20-10-4-2-5-11-20)18-21-12-6-3-7-13-21/h2-7,10-13,16,19H,8-9,14-15,17-18H2,1H3. The predicted octanol–water partition coefficient (Wildman–Crippen LogP) is 3.65. The third-order valence-electron chi connectivity index (χ3n) is 5.62. The van der Waals surface area contributed by atoms with Gasteiger partial charge in [-0.05, 0) is 30.0 Å². The Labute approximate surface area is 183 Å². The van der Waals surface area contributed by atoms with Crippen LogP contribution in [0.15, 0.2) is 77.8 Å². The van der Waals surface area contributed by atoms with Gasteiger partial charge in [-0.15, -0.1) is 0 Å². The van der Waals surface area contributed by atoms with Gasteiger partial charge in [0.25, 0.3) is 5.91 Å². The van der Waals surface area contributed by atoms with Crippen molar-refractivity contribution in [3.05, 3.63) is 89.7 Å². The van der Waals surface area contributed by atoms with Crippen molar-refractivity contribution in [1.29, 1.82) is 0 Å². The first-order chi connectivity index (χ1) is 14.9. The van der Waals surface area contributed by atoms with Crippen LogP contribution in [-0.4, -0.2) is 41.2 Å².